The lowest BCUT2D eigenvalue weighted by Gasteiger charge is -2.07. The van der Waals surface area contributed by atoms with Gasteiger partial charge in [0, 0.05) is 6.07 Å². The Hall–Kier alpha value is -2.55. The number of hydrogen-bond donors (Lipinski definition) is 1. The molecule has 9 heteroatoms. The van der Waals surface area contributed by atoms with Crippen LogP contribution in [0.25, 0.3) is 0 Å². The van der Waals surface area contributed by atoms with Crippen molar-refractivity contribution in [3.63, 3.8) is 0 Å². The van der Waals surface area contributed by atoms with Crippen molar-refractivity contribution < 1.29 is 28.0 Å². The van der Waals surface area contributed by atoms with Crippen LogP contribution in [0.5, 0.6) is 5.75 Å². The summed E-state index contributed by atoms with van der Waals surface area (Å²) < 4.78 is 28.2. The average Bonchev–Trinajstić information content (AvgIpc) is 2.98. The molecule has 25 heavy (non-hydrogen) atoms. The molecule has 1 N–H and O–H groups in total. The monoisotopic (exact) mass is 368 g/mol. The van der Waals surface area contributed by atoms with Crippen molar-refractivity contribution in [2.75, 3.05) is 23.9 Å². The normalized spacial score (nSPS) is 10.4. The van der Waals surface area contributed by atoms with Crippen LogP contribution in [-0.4, -0.2) is 35.6 Å². The maximum Gasteiger partial charge on any atom is 0.316 e. The molecular formula is C16H17FN2O5S. The standard InChI is InChI=1S/C16H17FN2O5S/c1-10-5-14(19-24-10)18-15(20)8-25-9-16(21)23-7-11-3-4-13(22-2)12(17)6-11/h3-6H,7-9H2,1-2H3,(H,18,19,20). The molecule has 2 rings (SSSR count). The van der Waals surface area contributed by atoms with Gasteiger partial charge in [0.25, 0.3) is 0 Å². The van der Waals surface area contributed by atoms with Gasteiger partial charge >= 0.3 is 5.97 Å². The first-order chi connectivity index (χ1) is 12.0. The smallest absolute Gasteiger partial charge is 0.316 e. The predicted molar refractivity (Wildman–Crippen MR) is 89.9 cm³/mol. The van der Waals surface area contributed by atoms with Crippen molar-refractivity contribution in [1.29, 1.82) is 0 Å². The number of aryl methyl sites for hydroxylation is 1. The van der Waals surface area contributed by atoms with Gasteiger partial charge in [-0.15, -0.1) is 11.8 Å². The molecule has 0 aliphatic heterocycles. The zero-order valence-corrected chi connectivity index (χ0v) is 14.5. The maximum atomic E-state index is 13.5. The number of methoxy groups -OCH3 is 1. The summed E-state index contributed by atoms with van der Waals surface area (Å²) in [6.07, 6.45) is 0. The first-order valence-corrected chi connectivity index (χ1v) is 8.42. The van der Waals surface area contributed by atoms with Gasteiger partial charge in [-0.3, -0.25) is 9.59 Å². The van der Waals surface area contributed by atoms with Crippen molar-refractivity contribution in [3.8, 4) is 5.75 Å². The summed E-state index contributed by atoms with van der Waals surface area (Å²) >= 11 is 1.10. The molecule has 1 aromatic carbocycles. The second kappa shape index (κ2) is 9.07. The second-order valence-corrected chi connectivity index (χ2v) is 5.98. The van der Waals surface area contributed by atoms with Gasteiger partial charge in [0.2, 0.25) is 5.91 Å². The van der Waals surface area contributed by atoms with Gasteiger partial charge in [0.1, 0.15) is 12.4 Å². The number of thioether (sulfide) groups is 1. The maximum absolute atomic E-state index is 13.5. The zero-order chi connectivity index (χ0) is 18.2. The number of anilines is 1. The van der Waals surface area contributed by atoms with E-state index < -0.39 is 11.8 Å². The van der Waals surface area contributed by atoms with E-state index in [2.05, 4.69) is 10.5 Å². The van der Waals surface area contributed by atoms with E-state index in [1.165, 1.54) is 19.2 Å². The summed E-state index contributed by atoms with van der Waals surface area (Å²) in [7, 11) is 1.37. The van der Waals surface area contributed by atoms with E-state index in [-0.39, 0.29) is 29.8 Å². The van der Waals surface area contributed by atoms with Gasteiger partial charge in [-0.2, -0.15) is 0 Å². The third-order valence-corrected chi connectivity index (χ3v) is 3.87. The van der Waals surface area contributed by atoms with Crippen LogP contribution in [-0.2, 0) is 20.9 Å². The number of hydrogen-bond acceptors (Lipinski definition) is 7. The third-order valence-electron chi connectivity index (χ3n) is 2.96. The summed E-state index contributed by atoms with van der Waals surface area (Å²) in [4.78, 5) is 23.3. The molecule has 1 aromatic heterocycles. The van der Waals surface area contributed by atoms with E-state index in [4.69, 9.17) is 14.0 Å². The van der Waals surface area contributed by atoms with Gasteiger partial charge in [0.15, 0.2) is 17.4 Å². The van der Waals surface area contributed by atoms with Crippen LogP contribution >= 0.6 is 11.8 Å². The zero-order valence-electron chi connectivity index (χ0n) is 13.7. The summed E-state index contributed by atoms with van der Waals surface area (Å²) in [6.45, 7) is 1.66. The number of aromatic nitrogens is 1. The van der Waals surface area contributed by atoms with Crippen LogP contribution in [0.3, 0.4) is 0 Å². The van der Waals surface area contributed by atoms with Crippen molar-refractivity contribution in [2.24, 2.45) is 0 Å². The number of ether oxygens (including phenoxy) is 2. The fourth-order valence-electron chi connectivity index (χ4n) is 1.84. The van der Waals surface area contributed by atoms with E-state index in [0.717, 1.165) is 11.8 Å². The summed E-state index contributed by atoms with van der Waals surface area (Å²) in [5.41, 5.74) is 0.510. The Balaban J connectivity index is 1.66. The Morgan fingerprint density at radius 2 is 2.12 bits per heavy atom. The number of rotatable bonds is 8. The molecule has 7 nitrogen and oxygen atoms in total. The second-order valence-electron chi connectivity index (χ2n) is 4.99. The number of carbonyl (C=O) groups excluding carboxylic acids is 2. The van der Waals surface area contributed by atoms with Gasteiger partial charge in [0.05, 0.1) is 18.6 Å². The van der Waals surface area contributed by atoms with Crippen LogP contribution in [0.15, 0.2) is 28.8 Å². The van der Waals surface area contributed by atoms with Crippen molar-refractivity contribution in [2.45, 2.75) is 13.5 Å². The molecule has 0 bridgehead atoms. The average molecular weight is 368 g/mol. The number of nitrogens with zero attached hydrogens (tertiary/aromatic N) is 1. The van der Waals surface area contributed by atoms with Crippen molar-refractivity contribution in [3.05, 3.63) is 41.4 Å². The molecule has 0 saturated heterocycles. The summed E-state index contributed by atoms with van der Waals surface area (Å²) in [5, 5.41) is 6.18. The molecule has 0 aliphatic carbocycles. The lowest BCUT2D eigenvalue weighted by molar-refractivity contribution is -0.141. The Labute approximate surface area is 147 Å². The van der Waals surface area contributed by atoms with E-state index in [0.29, 0.717) is 17.1 Å². The number of benzene rings is 1. The van der Waals surface area contributed by atoms with E-state index in [1.54, 1.807) is 19.1 Å². The fourth-order valence-corrected chi connectivity index (χ4v) is 2.45. The van der Waals surface area contributed by atoms with Crippen LogP contribution in [0.1, 0.15) is 11.3 Å². The number of esters is 1. The number of carbonyl (C=O) groups is 2. The van der Waals surface area contributed by atoms with Gasteiger partial charge in [-0.05, 0) is 24.6 Å². The lowest BCUT2D eigenvalue weighted by atomic mass is 10.2. The van der Waals surface area contributed by atoms with Gasteiger partial charge < -0.3 is 19.3 Å². The van der Waals surface area contributed by atoms with Crippen LogP contribution < -0.4 is 10.1 Å². The minimum absolute atomic E-state index is 0.00387. The molecule has 2 aromatic rings. The number of nitrogens with one attached hydrogen (secondary N) is 1. The highest BCUT2D eigenvalue weighted by molar-refractivity contribution is 8.00. The Kier molecular flexibility index (Phi) is 6.81. The first-order valence-electron chi connectivity index (χ1n) is 7.27. The molecule has 0 fully saturated rings. The molecule has 0 atom stereocenters. The highest BCUT2D eigenvalue weighted by Gasteiger charge is 2.10. The number of amides is 1. The summed E-state index contributed by atoms with van der Waals surface area (Å²) in [6, 6.07) is 5.90. The van der Waals surface area contributed by atoms with Crippen LogP contribution in [0.4, 0.5) is 10.2 Å². The minimum Gasteiger partial charge on any atom is -0.494 e. The predicted octanol–water partition coefficient (Wildman–Crippen LogP) is 2.55. The quantitative estimate of drug-likeness (QED) is 0.716. The molecule has 134 valence electrons. The fraction of sp³-hybridized carbons (Fsp3) is 0.312. The SMILES string of the molecule is COc1ccc(COC(=O)CSCC(=O)Nc2cc(C)on2)cc1F. The minimum atomic E-state index is -0.523. The van der Waals surface area contributed by atoms with Crippen LogP contribution in [0, 0.1) is 12.7 Å². The number of halogens is 1. The van der Waals surface area contributed by atoms with E-state index >= 15 is 0 Å². The van der Waals surface area contributed by atoms with Gasteiger partial charge in [-0.1, -0.05) is 11.2 Å². The Morgan fingerprint density at radius 1 is 1.32 bits per heavy atom. The molecule has 1 amide bonds. The third kappa shape index (κ3) is 6.11. The van der Waals surface area contributed by atoms with Crippen molar-refractivity contribution in [1.82, 2.24) is 5.16 Å². The lowest BCUT2D eigenvalue weighted by Crippen LogP contribution is -2.16. The van der Waals surface area contributed by atoms with Crippen molar-refractivity contribution >= 4 is 29.5 Å². The topological polar surface area (TPSA) is 90.7 Å². The van der Waals surface area contributed by atoms with E-state index in [1.807, 2.05) is 0 Å². The highest BCUT2D eigenvalue weighted by atomic mass is 32.2. The Morgan fingerprint density at radius 3 is 2.76 bits per heavy atom. The molecule has 0 spiro atoms. The summed E-state index contributed by atoms with van der Waals surface area (Å²) in [5.74, 6) is -0.213. The molecule has 0 radical (unpaired) electrons. The molecule has 1 heterocycles. The Bertz CT molecular complexity index is 750. The van der Waals surface area contributed by atoms with Gasteiger partial charge in [-0.25, -0.2) is 4.39 Å². The van der Waals surface area contributed by atoms with E-state index in [9.17, 15) is 14.0 Å². The first kappa shape index (κ1) is 18.8. The molecule has 0 unspecified atom stereocenters. The largest absolute Gasteiger partial charge is 0.494 e. The van der Waals surface area contributed by atoms with Crippen LogP contribution in [0.2, 0.25) is 0 Å². The highest BCUT2D eigenvalue weighted by Crippen LogP contribution is 2.18. The molecule has 0 saturated carbocycles. The molecule has 0 aliphatic rings. The molecular weight excluding hydrogens is 351 g/mol.